The summed E-state index contributed by atoms with van der Waals surface area (Å²) < 4.78 is 6.61. The molecule has 1 fully saturated rings. The Labute approximate surface area is 123 Å². The average Bonchev–Trinajstić information content (AvgIpc) is 2.94. The molecular formula is C15H20N2O2S. The molecule has 20 heavy (non-hydrogen) atoms. The molecule has 0 amide bonds. The SMILES string of the molecule is COc1ccc(C)c2sc(N3CCCC(CO)C3)nc12. The second kappa shape index (κ2) is 5.58. The van der Waals surface area contributed by atoms with Gasteiger partial charge >= 0.3 is 0 Å². The van der Waals surface area contributed by atoms with Crippen molar-refractivity contribution in [1.29, 1.82) is 0 Å². The quantitative estimate of drug-likeness (QED) is 0.945. The summed E-state index contributed by atoms with van der Waals surface area (Å²) in [6.07, 6.45) is 2.23. The van der Waals surface area contributed by atoms with Crippen LogP contribution in [0.1, 0.15) is 18.4 Å². The summed E-state index contributed by atoms with van der Waals surface area (Å²) in [5.74, 6) is 1.21. The van der Waals surface area contributed by atoms with Crippen LogP contribution in [0.5, 0.6) is 5.75 Å². The Kier molecular flexibility index (Phi) is 3.81. The number of aryl methyl sites for hydroxylation is 1. The van der Waals surface area contributed by atoms with E-state index in [0.29, 0.717) is 5.92 Å². The van der Waals surface area contributed by atoms with E-state index in [-0.39, 0.29) is 6.61 Å². The van der Waals surface area contributed by atoms with Crippen LogP contribution in [-0.4, -0.2) is 36.9 Å². The highest BCUT2D eigenvalue weighted by molar-refractivity contribution is 7.22. The zero-order chi connectivity index (χ0) is 14.1. The average molecular weight is 292 g/mol. The van der Waals surface area contributed by atoms with E-state index in [4.69, 9.17) is 9.72 Å². The van der Waals surface area contributed by atoms with Crippen LogP contribution < -0.4 is 9.64 Å². The number of thiazole rings is 1. The lowest BCUT2D eigenvalue weighted by atomic mass is 10.00. The number of rotatable bonds is 3. The number of nitrogens with zero attached hydrogens (tertiary/aromatic N) is 2. The van der Waals surface area contributed by atoms with Gasteiger partial charge in [-0.25, -0.2) is 4.98 Å². The van der Waals surface area contributed by atoms with Gasteiger partial charge in [-0.3, -0.25) is 0 Å². The summed E-state index contributed by atoms with van der Waals surface area (Å²) in [5, 5.41) is 10.4. The van der Waals surface area contributed by atoms with Gasteiger partial charge in [0.25, 0.3) is 0 Å². The minimum Gasteiger partial charge on any atom is -0.494 e. The van der Waals surface area contributed by atoms with Crippen LogP contribution in [0.25, 0.3) is 10.2 Å². The number of anilines is 1. The molecule has 1 aliphatic heterocycles. The molecular weight excluding hydrogens is 272 g/mol. The van der Waals surface area contributed by atoms with Gasteiger partial charge in [0.1, 0.15) is 11.3 Å². The highest BCUT2D eigenvalue weighted by Gasteiger charge is 2.22. The number of fused-ring (bicyclic) bond motifs is 1. The van der Waals surface area contributed by atoms with Crippen molar-refractivity contribution in [2.24, 2.45) is 5.92 Å². The molecule has 1 aromatic heterocycles. The number of hydrogen-bond donors (Lipinski definition) is 1. The van der Waals surface area contributed by atoms with E-state index in [1.807, 2.05) is 6.07 Å². The number of aliphatic hydroxyl groups is 1. The van der Waals surface area contributed by atoms with Crippen LogP contribution >= 0.6 is 11.3 Å². The maximum atomic E-state index is 9.36. The number of ether oxygens (including phenoxy) is 1. The van der Waals surface area contributed by atoms with Gasteiger partial charge in [-0.05, 0) is 37.3 Å². The first-order valence-corrected chi connectivity index (χ1v) is 7.84. The van der Waals surface area contributed by atoms with Gasteiger partial charge in [-0.15, -0.1) is 0 Å². The standard InChI is InChI=1S/C15H20N2O2S/c1-10-5-6-12(19-2)13-14(10)20-15(16-13)17-7-3-4-11(8-17)9-18/h5-6,11,18H,3-4,7-9H2,1-2H3. The van der Waals surface area contributed by atoms with Crippen molar-refractivity contribution >= 4 is 26.7 Å². The summed E-state index contributed by atoms with van der Waals surface area (Å²) in [5.41, 5.74) is 2.19. The fourth-order valence-corrected chi connectivity index (χ4v) is 3.87. The van der Waals surface area contributed by atoms with Crippen LogP contribution in [0, 0.1) is 12.8 Å². The Morgan fingerprint density at radius 2 is 2.35 bits per heavy atom. The molecule has 3 rings (SSSR count). The first kappa shape index (κ1) is 13.6. The number of aromatic nitrogens is 1. The molecule has 5 heteroatoms. The number of hydrogen-bond acceptors (Lipinski definition) is 5. The first-order chi connectivity index (χ1) is 9.72. The lowest BCUT2D eigenvalue weighted by molar-refractivity contribution is 0.208. The van der Waals surface area contributed by atoms with Crippen molar-refractivity contribution in [3.63, 3.8) is 0 Å². The molecule has 1 aliphatic rings. The van der Waals surface area contributed by atoms with Gasteiger partial charge in [-0.1, -0.05) is 17.4 Å². The predicted molar refractivity (Wildman–Crippen MR) is 82.9 cm³/mol. The third kappa shape index (κ3) is 2.36. The Morgan fingerprint density at radius 1 is 1.50 bits per heavy atom. The van der Waals surface area contributed by atoms with Crippen LogP contribution in [0.4, 0.5) is 5.13 Å². The Bertz CT molecular complexity index is 611. The second-order valence-corrected chi connectivity index (χ2v) is 6.37. The Balaban J connectivity index is 1.98. The topological polar surface area (TPSA) is 45.6 Å². The molecule has 1 N–H and O–H groups in total. The summed E-state index contributed by atoms with van der Waals surface area (Å²) in [7, 11) is 1.69. The molecule has 1 aromatic carbocycles. The summed E-state index contributed by atoms with van der Waals surface area (Å²) in [4.78, 5) is 7.07. The van der Waals surface area contributed by atoms with Crippen molar-refractivity contribution in [2.75, 3.05) is 31.7 Å². The molecule has 0 saturated carbocycles. The molecule has 1 atom stereocenters. The molecule has 2 aromatic rings. The number of piperidine rings is 1. The minimum atomic E-state index is 0.268. The monoisotopic (exact) mass is 292 g/mol. The van der Waals surface area contributed by atoms with E-state index < -0.39 is 0 Å². The molecule has 0 radical (unpaired) electrons. The van der Waals surface area contributed by atoms with Crippen molar-refractivity contribution in [3.05, 3.63) is 17.7 Å². The lowest BCUT2D eigenvalue weighted by Gasteiger charge is -2.31. The third-order valence-electron chi connectivity index (χ3n) is 3.96. The fraction of sp³-hybridized carbons (Fsp3) is 0.533. The summed E-state index contributed by atoms with van der Waals surface area (Å²) in [6, 6.07) is 4.06. The van der Waals surface area contributed by atoms with Gasteiger partial charge in [-0.2, -0.15) is 0 Å². The van der Waals surface area contributed by atoms with Crippen LogP contribution in [0.3, 0.4) is 0 Å². The fourth-order valence-electron chi connectivity index (χ4n) is 2.79. The Hall–Kier alpha value is -1.33. The van der Waals surface area contributed by atoms with Gasteiger partial charge < -0.3 is 14.7 Å². The number of benzene rings is 1. The maximum absolute atomic E-state index is 9.36. The van der Waals surface area contributed by atoms with E-state index in [0.717, 1.165) is 42.3 Å². The molecule has 1 saturated heterocycles. The van der Waals surface area contributed by atoms with Gasteiger partial charge in [0.05, 0.1) is 11.8 Å². The maximum Gasteiger partial charge on any atom is 0.186 e. The molecule has 108 valence electrons. The third-order valence-corrected chi connectivity index (χ3v) is 5.21. The van der Waals surface area contributed by atoms with Gasteiger partial charge in [0.15, 0.2) is 5.13 Å². The van der Waals surface area contributed by atoms with Crippen molar-refractivity contribution in [3.8, 4) is 5.75 Å². The zero-order valence-electron chi connectivity index (χ0n) is 11.9. The lowest BCUT2D eigenvalue weighted by Crippen LogP contribution is -2.36. The van der Waals surface area contributed by atoms with E-state index in [1.54, 1.807) is 18.4 Å². The van der Waals surface area contributed by atoms with Crippen LogP contribution in [0.15, 0.2) is 12.1 Å². The van der Waals surface area contributed by atoms with E-state index in [9.17, 15) is 5.11 Å². The highest BCUT2D eigenvalue weighted by Crippen LogP contribution is 2.37. The molecule has 0 bridgehead atoms. The Morgan fingerprint density at radius 3 is 3.10 bits per heavy atom. The summed E-state index contributed by atoms with van der Waals surface area (Å²) in [6.45, 7) is 4.30. The van der Waals surface area contributed by atoms with E-state index in [1.165, 1.54) is 10.3 Å². The van der Waals surface area contributed by atoms with Crippen molar-refractivity contribution in [1.82, 2.24) is 4.98 Å². The molecule has 0 aliphatic carbocycles. The number of aliphatic hydroxyl groups excluding tert-OH is 1. The summed E-state index contributed by atoms with van der Waals surface area (Å²) >= 11 is 1.73. The van der Waals surface area contributed by atoms with E-state index >= 15 is 0 Å². The normalized spacial score (nSPS) is 19.6. The molecule has 4 nitrogen and oxygen atoms in total. The first-order valence-electron chi connectivity index (χ1n) is 7.03. The van der Waals surface area contributed by atoms with Gasteiger partial charge in [0.2, 0.25) is 0 Å². The molecule has 2 heterocycles. The second-order valence-electron chi connectivity index (χ2n) is 5.40. The van der Waals surface area contributed by atoms with Crippen LogP contribution in [-0.2, 0) is 0 Å². The van der Waals surface area contributed by atoms with Gasteiger partial charge in [0, 0.05) is 19.7 Å². The largest absolute Gasteiger partial charge is 0.494 e. The highest BCUT2D eigenvalue weighted by atomic mass is 32.1. The van der Waals surface area contributed by atoms with Crippen molar-refractivity contribution in [2.45, 2.75) is 19.8 Å². The number of methoxy groups -OCH3 is 1. The van der Waals surface area contributed by atoms with Crippen molar-refractivity contribution < 1.29 is 9.84 Å². The molecule has 0 spiro atoms. The predicted octanol–water partition coefficient (Wildman–Crippen LogP) is 2.82. The van der Waals surface area contributed by atoms with E-state index in [2.05, 4.69) is 17.9 Å². The smallest absolute Gasteiger partial charge is 0.186 e. The zero-order valence-corrected chi connectivity index (χ0v) is 12.7. The van der Waals surface area contributed by atoms with Crippen LogP contribution in [0.2, 0.25) is 0 Å². The molecule has 1 unspecified atom stereocenters. The minimum absolute atomic E-state index is 0.268.